The smallest absolute Gasteiger partial charge is 0.133 e. The molecule has 1 aromatic heterocycles. The Bertz CT molecular complexity index is 486. The monoisotopic (exact) mass is 304 g/mol. The number of nitrogens with one attached hydrogen (secondary N) is 1. The summed E-state index contributed by atoms with van der Waals surface area (Å²) in [4.78, 5) is 11.6. The highest BCUT2D eigenvalue weighted by atomic mass is 16.5. The summed E-state index contributed by atoms with van der Waals surface area (Å²) in [5, 5.41) is 3.47. The molecule has 3 rings (SSSR count). The minimum atomic E-state index is 0.403. The van der Waals surface area contributed by atoms with Crippen molar-refractivity contribution in [1.29, 1.82) is 0 Å². The van der Waals surface area contributed by atoms with E-state index in [1.54, 1.807) is 6.33 Å². The van der Waals surface area contributed by atoms with E-state index >= 15 is 0 Å². The molecule has 0 atom stereocenters. The van der Waals surface area contributed by atoms with Crippen LogP contribution in [0, 0.1) is 5.92 Å². The third-order valence-electron chi connectivity index (χ3n) is 4.66. The summed E-state index contributed by atoms with van der Waals surface area (Å²) in [6.07, 6.45) is 6.22. The number of rotatable bonds is 4. The second-order valence-corrected chi connectivity index (χ2v) is 6.80. The number of ether oxygens (including phenoxy) is 1. The predicted octanol–water partition coefficient (Wildman–Crippen LogP) is 2.12. The molecule has 1 aromatic rings. The van der Waals surface area contributed by atoms with Crippen LogP contribution in [0.2, 0.25) is 0 Å². The highest BCUT2D eigenvalue weighted by molar-refractivity contribution is 5.47. The number of fused-ring (bicyclic) bond motifs is 1. The average Bonchev–Trinajstić information content (AvgIpc) is 2.71. The van der Waals surface area contributed by atoms with E-state index in [0.717, 1.165) is 50.9 Å². The largest absolute Gasteiger partial charge is 0.381 e. The van der Waals surface area contributed by atoms with Gasteiger partial charge in [0.15, 0.2) is 0 Å². The molecule has 0 aliphatic carbocycles. The number of hydrogen-bond donors (Lipinski definition) is 1. The van der Waals surface area contributed by atoms with Crippen LogP contribution in [0.5, 0.6) is 0 Å². The first-order valence-electron chi connectivity index (χ1n) is 8.61. The van der Waals surface area contributed by atoms with Gasteiger partial charge in [-0.3, -0.25) is 0 Å². The predicted molar refractivity (Wildman–Crippen MR) is 88.2 cm³/mol. The topological polar surface area (TPSA) is 50.3 Å². The van der Waals surface area contributed by atoms with E-state index in [1.807, 2.05) is 0 Å². The van der Waals surface area contributed by atoms with Crippen LogP contribution in [-0.2, 0) is 17.6 Å². The summed E-state index contributed by atoms with van der Waals surface area (Å²) >= 11 is 0. The zero-order valence-electron chi connectivity index (χ0n) is 13.8. The van der Waals surface area contributed by atoms with Gasteiger partial charge >= 0.3 is 0 Å². The van der Waals surface area contributed by atoms with Gasteiger partial charge in [0.05, 0.1) is 5.69 Å². The minimum Gasteiger partial charge on any atom is -0.381 e. The first-order valence-corrected chi connectivity index (χ1v) is 8.61. The summed E-state index contributed by atoms with van der Waals surface area (Å²) in [6, 6.07) is 0.403. The Kier molecular flexibility index (Phi) is 5.26. The standard InChI is InChI=1S/C17H28N4O/c1-13(2)20-17-15-3-7-21(8-4-16(15)18-12-19-17)11-14-5-9-22-10-6-14/h12-14H,3-11H2,1-2H3,(H,18,19,20). The molecule has 0 aromatic carbocycles. The molecular weight excluding hydrogens is 276 g/mol. The lowest BCUT2D eigenvalue weighted by Crippen LogP contribution is -2.34. The fraction of sp³-hybridized carbons (Fsp3) is 0.765. The van der Waals surface area contributed by atoms with Gasteiger partial charge in [0, 0.05) is 50.9 Å². The molecule has 0 bridgehead atoms. The lowest BCUT2D eigenvalue weighted by Gasteiger charge is -2.28. The van der Waals surface area contributed by atoms with E-state index in [2.05, 4.69) is 34.0 Å². The van der Waals surface area contributed by atoms with Crippen LogP contribution < -0.4 is 5.32 Å². The maximum absolute atomic E-state index is 5.47. The van der Waals surface area contributed by atoms with Crippen LogP contribution in [0.3, 0.4) is 0 Å². The van der Waals surface area contributed by atoms with E-state index in [1.165, 1.54) is 30.6 Å². The molecule has 3 heterocycles. The van der Waals surface area contributed by atoms with Gasteiger partial charge in [0.2, 0.25) is 0 Å². The van der Waals surface area contributed by atoms with Gasteiger partial charge in [-0.1, -0.05) is 0 Å². The quantitative estimate of drug-likeness (QED) is 0.923. The van der Waals surface area contributed by atoms with Crippen molar-refractivity contribution in [2.45, 2.75) is 45.6 Å². The number of aromatic nitrogens is 2. The van der Waals surface area contributed by atoms with Crippen LogP contribution in [0.25, 0.3) is 0 Å². The summed E-state index contributed by atoms with van der Waals surface area (Å²) in [6.45, 7) is 9.62. The van der Waals surface area contributed by atoms with E-state index in [4.69, 9.17) is 4.74 Å². The van der Waals surface area contributed by atoms with Gasteiger partial charge in [-0.2, -0.15) is 0 Å². The van der Waals surface area contributed by atoms with Crippen LogP contribution in [0.15, 0.2) is 6.33 Å². The van der Waals surface area contributed by atoms with Crippen molar-refractivity contribution in [1.82, 2.24) is 14.9 Å². The molecule has 122 valence electrons. The van der Waals surface area contributed by atoms with Crippen LogP contribution in [0.1, 0.15) is 37.9 Å². The van der Waals surface area contributed by atoms with Gasteiger partial charge in [0.25, 0.3) is 0 Å². The molecule has 0 unspecified atom stereocenters. The van der Waals surface area contributed by atoms with Crippen molar-refractivity contribution < 1.29 is 4.74 Å². The molecule has 1 fully saturated rings. The van der Waals surface area contributed by atoms with E-state index < -0.39 is 0 Å². The Morgan fingerprint density at radius 2 is 2.00 bits per heavy atom. The third kappa shape index (κ3) is 3.96. The second kappa shape index (κ2) is 7.38. The fourth-order valence-corrected chi connectivity index (χ4v) is 3.45. The van der Waals surface area contributed by atoms with Crippen molar-refractivity contribution in [3.63, 3.8) is 0 Å². The lowest BCUT2D eigenvalue weighted by molar-refractivity contribution is 0.0530. The summed E-state index contributed by atoms with van der Waals surface area (Å²) in [5.74, 6) is 1.84. The Balaban J connectivity index is 1.64. The van der Waals surface area contributed by atoms with E-state index in [-0.39, 0.29) is 0 Å². The Hall–Kier alpha value is -1.20. The first-order chi connectivity index (χ1) is 10.7. The van der Waals surface area contributed by atoms with Crippen LogP contribution in [0.4, 0.5) is 5.82 Å². The summed E-state index contributed by atoms with van der Waals surface area (Å²) < 4.78 is 5.47. The van der Waals surface area contributed by atoms with Crippen LogP contribution >= 0.6 is 0 Å². The van der Waals surface area contributed by atoms with Crippen molar-refractivity contribution in [3.05, 3.63) is 17.6 Å². The average molecular weight is 304 g/mol. The van der Waals surface area contributed by atoms with E-state index in [0.29, 0.717) is 6.04 Å². The number of nitrogens with zero attached hydrogens (tertiary/aromatic N) is 3. The van der Waals surface area contributed by atoms with Gasteiger partial charge in [-0.15, -0.1) is 0 Å². The summed E-state index contributed by atoms with van der Waals surface area (Å²) in [7, 11) is 0. The van der Waals surface area contributed by atoms with Crippen molar-refractivity contribution in [3.8, 4) is 0 Å². The zero-order chi connectivity index (χ0) is 15.4. The van der Waals surface area contributed by atoms with Crippen molar-refractivity contribution in [2.24, 2.45) is 5.92 Å². The number of anilines is 1. The molecule has 1 saturated heterocycles. The maximum atomic E-state index is 5.47. The highest BCUT2D eigenvalue weighted by Gasteiger charge is 2.22. The SMILES string of the molecule is CC(C)Nc1ncnc2c1CCN(CC1CCOCC1)CC2. The maximum Gasteiger partial charge on any atom is 0.133 e. The molecule has 2 aliphatic rings. The molecule has 2 aliphatic heterocycles. The molecule has 0 amide bonds. The Morgan fingerprint density at radius 3 is 2.77 bits per heavy atom. The molecule has 0 radical (unpaired) electrons. The van der Waals surface area contributed by atoms with Gasteiger partial charge in [-0.05, 0) is 39.0 Å². The van der Waals surface area contributed by atoms with Gasteiger partial charge in [0.1, 0.15) is 12.1 Å². The minimum absolute atomic E-state index is 0.403. The first kappa shape index (κ1) is 15.7. The van der Waals surface area contributed by atoms with Crippen LogP contribution in [-0.4, -0.2) is 53.8 Å². The lowest BCUT2D eigenvalue weighted by atomic mass is 9.99. The van der Waals surface area contributed by atoms with Crippen molar-refractivity contribution in [2.75, 3.05) is 38.2 Å². The molecule has 5 heteroatoms. The Labute approximate surface area is 133 Å². The molecule has 0 saturated carbocycles. The molecule has 1 N–H and O–H groups in total. The molecule has 22 heavy (non-hydrogen) atoms. The van der Waals surface area contributed by atoms with Gasteiger partial charge < -0.3 is 15.0 Å². The zero-order valence-corrected chi connectivity index (χ0v) is 13.8. The highest BCUT2D eigenvalue weighted by Crippen LogP contribution is 2.23. The molecule has 5 nitrogen and oxygen atoms in total. The fourth-order valence-electron chi connectivity index (χ4n) is 3.45. The van der Waals surface area contributed by atoms with Crippen molar-refractivity contribution >= 4 is 5.82 Å². The summed E-state index contributed by atoms with van der Waals surface area (Å²) in [5.41, 5.74) is 2.55. The molecule has 0 spiro atoms. The number of hydrogen-bond acceptors (Lipinski definition) is 5. The second-order valence-electron chi connectivity index (χ2n) is 6.80. The Morgan fingerprint density at radius 1 is 1.23 bits per heavy atom. The molecular formula is C17H28N4O. The van der Waals surface area contributed by atoms with E-state index in [9.17, 15) is 0 Å². The van der Waals surface area contributed by atoms with Gasteiger partial charge in [-0.25, -0.2) is 9.97 Å². The normalized spacial score (nSPS) is 20.7. The third-order valence-corrected chi connectivity index (χ3v) is 4.66.